The predicted molar refractivity (Wildman–Crippen MR) is 91.6 cm³/mol. The number of primary sulfonamides is 1. The van der Waals surface area contributed by atoms with E-state index < -0.39 is 19.9 Å². The van der Waals surface area contributed by atoms with Crippen LogP contribution in [0.5, 0.6) is 0 Å². The predicted octanol–water partition coefficient (Wildman–Crippen LogP) is 2.15. The van der Waals surface area contributed by atoms with Crippen molar-refractivity contribution in [3.8, 4) is 0 Å². The van der Waals surface area contributed by atoms with Crippen molar-refractivity contribution in [1.82, 2.24) is 0 Å². The lowest BCUT2D eigenvalue weighted by molar-refractivity contribution is -0.114. The van der Waals surface area contributed by atoms with Gasteiger partial charge in [-0.05, 0) is 36.8 Å². The molecule has 0 aliphatic carbocycles. The maximum absolute atomic E-state index is 12.7. The third-order valence-corrected chi connectivity index (χ3v) is 8.22. The van der Waals surface area contributed by atoms with E-state index in [-0.39, 0.29) is 24.2 Å². The molecule has 1 aromatic heterocycles. The van der Waals surface area contributed by atoms with Crippen LogP contribution in [0.1, 0.15) is 12.5 Å². The summed E-state index contributed by atoms with van der Waals surface area (Å²) in [5.41, 5.74) is 0.888. The van der Waals surface area contributed by atoms with Crippen molar-refractivity contribution in [2.24, 2.45) is 5.14 Å². The van der Waals surface area contributed by atoms with Crippen LogP contribution in [-0.4, -0.2) is 22.7 Å². The molecule has 0 fully saturated rings. The van der Waals surface area contributed by atoms with Gasteiger partial charge in [0.05, 0.1) is 9.92 Å². The van der Waals surface area contributed by atoms with Crippen LogP contribution >= 0.6 is 22.9 Å². The van der Waals surface area contributed by atoms with Crippen molar-refractivity contribution >= 4 is 54.4 Å². The summed E-state index contributed by atoms with van der Waals surface area (Å²) in [4.78, 5) is 11.0. The molecule has 1 heterocycles. The summed E-state index contributed by atoms with van der Waals surface area (Å²) in [7, 11) is -8.01. The van der Waals surface area contributed by atoms with E-state index in [1.165, 1.54) is 19.1 Å². The van der Waals surface area contributed by atoms with Crippen LogP contribution in [0.25, 0.3) is 0 Å². The van der Waals surface area contributed by atoms with Gasteiger partial charge < -0.3 is 5.32 Å². The minimum atomic E-state index is -4.02. The molecule has 3 N–H and O–H groups in total. The number of thiophene rings is 1. The summed E-state index contributed by atoms with van der Waals surface area (Å²) in [6.45, 7) is 2.93. The number of amides is 1. The zero-order chi connectivity index (χ0) is 18.3. The molecule has 1 aromatic carbocycles. The van der Waals surface area contributed by atoms with Crippen LogP contribution in [-0.2, 0) is 24.7 Å². The molecule has 2 aromatic rings. The number of carbonyl (C=O) groups is 1. The first-order valence-corrected chi connectivity index (χ1v) is 10.6. The Kier molecular flexibility index (Phi) is 5.07. The molecule has 7 nitrogen and oxygen atoms in total. The molecule has 1 amide bonds. The van der Waals surface area contributed by atoms with Crippen molar-refractivity contribution < 1.29 is 21.6 Å². The molecule has 0 saturated heterocycles. The lowest BCUT2D eigenvalue weighted by atomic mass is 10.2. The van der Waals surface area contributed by atoms with Gasteiger partial charge in [0.25, 0.3) is 0 Å². The quantitative estimate of drug-likeness (QED) is 0.802. The number of carbonyl (C=O) groups excluding carboxylic acids is 1. The van der Waals surface area contributed by atoms with E-state index in [0.717, 1.165) is 12.1 Å². The maximum atomic E-state index is 12.7. The number of aryl methyl sites for hydroxylation is 1. The normalized spacial score (nSPS) is 12.2. The Bertz CT molecular complexity index is 1030. The van der Waals surface area contributed by atoms with Crippen LogP contribution in [0.3, 0.4) is 0 Å². The van der Waals surface area contributed by atoms with Gasteiger partial charge in [-0.1, -0.05) is 11.6 Å². The standard InChI is InChI=1S/C13H13ClN2O5S3/c1-7-5-11(9(14)6-10(7)16-8(2)17)23(18,19)12-3-4-13(22-12)24(15,20)21/h3-6H,1-2H3,(H,16,17)(H2,15,20,21). The minimum Gasteiger partial charge on any atom is -0.326 e. The zero-order valence-electron chi connectivity index (χ0n) is 12.5. The average molecular weight is 409 g/mol. The summed E-state index contributed by atoms with van der Waals surface area (Å²) >= 11 is 6.59. The molecule has 0 saturated carbocycles. The first kappa shape index (κ1) is 18.9. The van der Waals surface area contributed by atoms with Crippen LogP contribution < -0.4 is 10.5 Å². The molecule has 0 atom stereocenters. The van der Waals surface area contributed by atoms with Crippen molar-refractivity contribution in [2.75, 3.05) is 5.32 Å². The molecular weight excluding hydrogens is 396 g/mol. The second kappa shape index (κ2) is 6.45. The lowest BCUT2D eigenvalue weighted by Crippen LogP contribution is -2.10. The molecule has 0 aliphatic rings. The first-order chi connectivity index (χ1) is 10.9. The molecule has 0 aliphatic heterocycles. The van der Waals surface area contributed by atoms with Crippen molar-refractivity contribution in [2.45, 2.75) is 27.2 Å². The molecule has 24 heavy (non-hydrogen) atoms. The third kappa shape index (κ3) is 3.78. The zero-order valence-corrected chi connectivity index (χ0v) is 15.7. The Morgan fingerprint density at radius 3 is 2.25 bits per heavy atom. The van der Waals surface area contributed by atoms with Crippen molar-refractivity contribution in [3.05, 3.63) is 34.9 Å². The highest BCUT2D eigenvalue weighted by atomic mass is 35.5. The second-order valence-electron chi connectivity index (χ2n) is 4.90. The number of nitrogens with one attached hydrogen (secondary N) is 1. The second-order valence-corrected chi connectivity index (χ2v) is 10.3. The van der Waals surface area contributed by atoms with Gasteiger partial charge in [0.2, 0.25) is 25.8 Å². The molecule has 0 radical (unpaired) electrons. The van der Waals surface area contributed by atoms with Crippen LogP contribution in [0.2, 0.25) is 5.02 Å². The summed E-state index contributed by atoms with van der Waals surface area (Å²) in [6, 6.07) is 4.94. The van der Waals surface area contributed by atoms with Gasteiger partial charge in [-0.15, -0.1) is 11.3 Å². The van der Waals surface area contributed by atoms with E-state index in [4.69, 9.17) is 16.7 Å². The fourth-order valence-corrected chi connectivity index (χ4v) is 6.07. The minimum absolute atomic E-state index is 0.0881. The van der Waals surface area contributed by atoms with E-state index in [1.807, 2.05) is 0 Å². The Labute approximate surface area is 148 Å². The number of benzene rings is 1. The van der Waals surface area contributed by atoms with E-state index in [1.54, 1.807) is 6.92 Å². The topological polar surface area (TPSA) is 123 Å². The fourth-order valence-electron chi connectivity index (χ4n) is 1.89. The van der Waals surface area contributed by atoms with E-state index in [2.05, 4.69) is 5.32 Å². The molecule has 0 unspecified atom stereocenters. The monoisotopic (exact) mass is 408 g/mol. The highest BCUT2D eigenvalue weighted by molar-refractivity contribution is 7.95. The number of sulfonamides is 1. The van der Waals surface area contributed by atoms with Gasteiger partial charge in [-0.25, -0.2) is 22.0 Å². The average Bonchev–Trinajstić information content (AvgIpc) is 2.92. The molecule has 0 bridgehead atoms. The molecular formula is C13H13ClN2O5S3. The lowest BCUT2D eigenvalue weighted by Gasteiger charge is -2.11. The summed E-state index contributed by atoms with van der Waals surface area (Å²) in [5, 5.41) is 7.45. The van der Waals surface area contributed by atoms with Gasteiger partial charge in [0.15, 0.2) is 0 Å². The van der Waals surface area contributed by atoms with Crippen molar-refractivity contribution in [3.63, 3.8) is 0 Å². The largest absolute Gasteiger partial charge is 0.326 e. The summed E-state index contributed by atoms with van der Waals surface area (Å²) < 4.78 is 47.5. The van der Waals surface area contributed by atoms with E-state index in [9.17, 15) is 21.6 Å². The molecule has 2 rings (SSSR count). The molecule has 0 spiro atoms. The number of anilines is 1. The molecule has 130 valence electrons. The summed E-state index contributed by atoms with van der Waals surface area (Å²) in [6.07, 6.45) is 0. The number of rotatable bonds is 4. The van der Waals surface area contributed by atoms with Crippen LogP contribution in [0, 0.1) is 6.92 Å². The Morgan fingerprint density at radius 2 is 1.75 bits per heavy atom. The molecule has 11 heteroatoms. The van der Waals surface area contributed by atoms with Crippen LogP contribution in [0.4, 0.5) is 5.69 Å². The summed E-state index contributed by atoms with van der Waals surface area (Å²) in [5.74, 6) is -0.319. The van der Waals surface area contributed by atoms with Gasteiger partial charge in [-0.2, -0.15) is 0 Å². The van der Waals surface area contributed by atoms with Gasteiger partial charge in [0, 0.05) is 12.6 Å². The Morgan fingerprint density at radius 1 is 1.17 bits per heavy atom. The first-order valence-electron chi connectivity index (χ1n) is 6.38. The number of nitrogens with two attached hydrogens (primary N) is 1. The fraction of sp³-hybridized carbons (Fsp3) is 0.154. The maximum Gasteiger partial charge on any atom is 0.247 e. The van der Waals surface area contributed by atoms with Gasteiger partial charge in [0.1, 0.15) is 8.42 Å². The SMILES string of the molecule is CC(=O)Nc1cc(Cl)c(S(=O)(=O)c2ccc(S(N)(=O)=O)s2)cc1C. The number of halogens is 1. The van der Waals surface area contributed by atoms with Crippen molar-refractivity contribution in [1.29, 1.82) is 0 Å². The van der Waals surface area contributed by atoms with Gasteiger partial charge in [-0.3, -0.25) is 4.79 Å². The third-order valence-electron chi connectivity index (χ3n) is 2.98. The Balaban J connectivity index is 2.56. The van der Waals surface area contributed by atoms with E-state index >= 15 is 0 Å². The number of hydrogen-bond acceptors (Lipinski definition) is 6. The van der Waals surface area contributed by atoms with E-state index in [0.29, 0.717) is 22.6 Å². The highest BCUT2D eigenvalue weighted by Gasteiger charge is 2.26. The smallest absolute Gasteiger partial charge is 0.247 e. The van der Waals surface area contributed by atoms with Gasteiger partial charge >= 0.3 is 0 Å². The number of sulfone groups is 1. The highest BCUT2D eigenvalue weighted by Crippen LogP contribution is 2.35. The van der Waals surface area contributed by atoms with Crippen LogP contribution in [0.15, 0.2) is 37.6 Å². The number of hydrogen-bond donors (Lipinski definition) is 2. The Hall–Kier alpha value is -1.46.